The highest BCUT2D eigenvalue weighted by Gasteiger charge is 2.25. The molecule has 0 amide bonds. The number of carbonyl (C=O) groups is 1. The molecule has 0 fully saturated rings. The molecule has 0 radical (unpaired) electrons. The highest BCUT2D eigenvalue weighted by Crippen LogP contribution is 2.22. The molecule has 1 heterocycles. The van der Waals surface area contributed by atoms with Crippen LogP contribution in [0.2, 0.25) is 0 Å². The molecule has 78 valence electrons. The fraction of sp³-hybridized carbons (Fsp3) is 0.600. The van der Waals surface area contributed by atoms with Gasteiger partial charge in [-0.05, 0) is 7.05 Å². The zero-order valence-electron chi connectivity index (χ0n) is 9.05. The summed E-state index contributed by atoms with van der Waals surface area (Å²) in [6.45, 7) is 6.45. The largest absolute Gasteiger partial charge is 0.314 e. The second-order valence-corrected chi connectivity index (χ2v) is 5.11. The van der Waals surface area contributed by atoms with E-state index in [0.717, 1.165) is 5.69 Å². The molecule has 1 aromatic rings. The molecule has 1 N–H and O–H groups in total. The smallest absolute Gasteiger partial charge is 0.196 e. The number of hydrogen-bond donors (Lipinski definition) is 1. The monoisotopic (exact) mass is 212 g/mol. The Morgan fingerprint density at radius 3 is 2.71 bits per heavy atom. The van der Waals surface area contributed by atoms with Crippen LogP contribution in [0.15, 0.2) is 5.38 Å². The predicted molar refractivity (Wildman–Crippen MR) is 58.7 cm³/mol. The van der Waals surface area contributed by atoms with Crippen LogP contribution in [0.1, 0.15) is 36.3 Å². The van der Waals surface area contributed by atoms with Crippen molar-refractivity contribution in [3.63, 3.8) is 0 Å². The highest BCUT2D eigenvalue weighted by molar-refractivity contribution is 7.11. The quantitative estimate of drug-likeness (QED) is 0.780. The van der Waals surface area contributed by atoms with Crippen LogP contribution in [-0.2, 0) is 6.54 Å². The summed E-state index contributed by atoms with van der Waals surface area (Å²) < 4.78 is 0. The van der Waals surface area contributed by atoms with Crippen molar-refractivity contribution in [3.8, 4) is 0 Å². The van der Waals surface area contributed by atoms with Crippen molar-refractivity contribution >= 4 is 17.1 Å². The van der Waals surface area contributed by atoms with E-state index < -0.39 is 0 Å². The molecule has 0 saturated carbocycles. The Morgan fingerprint density at radius 1 is 1.57 bits per heavy atom. The summed E-state index contributed by atoms with van der Waals surface area (Å²) in [7, 11) is 1.87. The van der Waals surface area contributed by atoms with E-state index in [4.69, 9.17) is 0 Å². The maximum atomic E-state index is 11.8. The van der Waals surface area contributed by atoms with Crippen molar-refractivity contribution < 1.29 is 4.79 Å². The van der Waals surface area contributed by atoms with Crippen molar-refractivity contribution in [1.82, 2.24) is 10.3 Å². The van der Waals surface area contributed by atoms with E-state index >= 15 is 0 Å². The lowest BCUT2D eigenvalue weighted by Gasteiger charge is -2.13. The van der Waals surface area contributed by atoms with Gasteiger partial charge in [0, 0.05) is 17.3 Å². The van der Waals surface area contributed by atoms with E-state index in [-0.39, 0.29) is 11.2 Å². The lowest BCUT2D eigenvalue weighted by molar-refractivity contribution is 0.0857. The molecular weight excluding hydrogens is 196 g/mol. The number of thiazole rings is 1. The average molecular weight is 212 g/mol. The van der Waals surface area contributed by atoms with E-state index in [0.29, 0.717) is 11.6 Å². The molecule has 0 aliphatic rings. The Morgan fingerprint density at radius 2 is 2.21 bits per heavy atom. The van der Waals surface area contributed by atoms with Gasteiger partial charge in [0.25, 0.3) is 0 Å². The molecule has 0 aliphatic heterocycles. The van der Waals surface area contributed by atoms with Gasteiger partial charge in [0.2, 0.25) is 0 Å². The third-order valence-corrected chi connectivity index (χ3v) is 2.67. The van der Waals surface area contributed by atoms with E-state index in [9.17, 15) is 4.79 Å². The van der Waals surface area contributed by atoms with E-state index in [1.807, 2.05) is 33.2 Å². The second-order valence-electron chi connectivity index (χ2n) is 4.25. The van der Waals surface area contributed by atoms with Crippen LogP contribution in [0, 0.1) is 5.41 Å². The van der Waals surface area contributed by atoms with Gasteiger partial charge >= 0.3 is 0 Å². The summed E-state index contributed by atoms with van der Waals surface area (Å²) >= 11 is 1.42. The lowest BCUT2D eigenvalue weighted by atomic mass is 9.91. The van der Waals surface area contributed by atoms with Crippen molar-refractivity contribution in [3.05, 3.63) is 16.1 Å². The normalized spacial score (nSPS) is 11.7. The summed E-state index contributed by atoms with van der Waals surface area (Å²) in [5.74, 6) is 0.116. The van der Waals surface area contributed by atoms with Gasteiger partial charge in [0.1, 0.15) is 0 Å². The molecule has 1 aromatic heterocycles. The molecule has 1 rings (SSSR count). The Labute approximate surface area is 88.6 Å². The maximum absolute atomic E-state index is 11.8. The van der Waals surface area contributed by atoms with Crippen LogP contribution in [0.3, 0.4) is 0 Å². The Kier molecular flexibility index (Phi) is 3.39. The van der Waals surface area contributed by atoms with Gasteiger partial charge in [0.05, 0.1) is 5.69 Å². The van der Waals surface area contributed by atoms with Gasteiger partial charge in [-0.2, -0.15) is 0 Å². The first-order chi connectivity index (χ1) is 6.45. The van der Waals surface area contributed by atoms with Gasteiger partial charge in [-0.1, -0.05) is 20.8 Å². The van der Waals surface area contributed by atoms with Gasteiger partial charge < -0.3 is 5.32 Å². The highest BCUT2D eigenvalue weighted by atomic mass is 32.1. The lowest BCUT2D eigenvalue weighted by Crippen LogP contribution is -2.20. The first kappa shape index (κ1) is 11.3. The van der Waals surface area contributed by atoms with E-state index in [1.54, 1.807) is 0 Å². The minimum Gasteiger partial charge on any atom is -0.314 e. The Hall–Kier alpha value is -0.740. The second kappa shape index (κ2) is 4.19. The zero-order valence-corrected chi connectivity index (χ0v) is 9.86. The van der Waals surface area contributed by atoms with Gasteiger partial charge in [-0.15, -0.1) is 11.3 Å². The molecule has 14 heavy (non-hydrogen) atoms. The van der Waals surface area contributed by atoms with Crippen LogP contribution < -0.4 is 5.32 Å². The van der Waals surface area contributed by atoms with Gasteiger partial charge in [-0.25, -0.2) is 4.98 Å². The summed E-state index contributed by atoms with van der Waals surface area (Å²) in [6.07, 6.45) is 0. The average Bonchev–Trinajstić information content (AvgIpc) is 2.50. The Balaban J connectivity index is 2.82. The first-order valence-corrected chi connectivity index (χ1v) is 5.47. The summed E-state index contributed by atoms with van der Waals surface area (Å²) in [5, 5.41) is 5.55. The molecule has 0 saturated heterocycles. The van der Waals surface area contributed by atoms with Crippen molar-refractivity contribution in [2.75, 3.05) is 7.05 Å². The number of Topliss-reactive ketones (excluding diaryl/α,β-unsaturated/α-hetero) is 1. The molecule has 0 atom stereocenters. The van der Waals surface area contributed by atoms with Crippen LogP contribution in [0.5, 0.6) is 0 Å². The number of nitrogens with zero attached hydrogens (tertiary/aromatic N) is 1. The van der Waals surface area contributed by atoms with E-state index in [2.05, 4.69) is 10.3 Å². The SMILES string of the molecule is CNCc1csc(C(=O)C(C)(C)C)n1. The van der Waals surface area contributed by atoms with Crippen LogP contribution in [0.25, 0.3) is 0 Å². The van der Waals surface area contributed by atoms with Crippen molar-refractivity contribution in [2.45, 2.75) is 27.3 Å². The summed E-state index contributed by atoms with van der Waals surface area (Å²) in [4.78, 5) is 16.1. The van der Waals surface area contributed by atoms with Crippen LogP contribution in [-0.4, -0.2) is 17.8 Å². The minimum atomic E-state index is -0.339. The van der Waals surface area contributed by atoms with E-state index in [1.165, 1.54) is 11.3 Å². The summed E-state index contributed by atoms with van der Waals surface area (Å²) in [5.41, 5.74) is 0.597. The first-order valence-electron chi connectivity index (χ1n) is 4.59. The third-order valence-electron chi connectivity index (χ3n) is 1.79. The number of ketones is 1. The molecular formula is C10H16N2OS. The van der Waals surface area contributed by atoms with Gasteiger partial charge in [0.15, 0.2) is 10.8 Å². The molecule has 0 aliphatic carbocycles. The van der Waals surface area contributed by atoms with Crippen molar-refractivity contribution in [1.29, 1.82) is 0 Å². The molecule has 0 unspecified atom stereocenters. The minimum absolute atomic E-state index is 0.116. The van der Waals surface area contributed by atoms with Gasteiger partial charge in [-0.3, -0.25) is 4.79 Å². The topological polar surface area (TPSA) is 42.0 Å². The number of carbonyl (C=O) groups excluding carboxylic acids is 1. The number of rotatable bonds is 3. The summed E-state index contributed by atoms with van der Waals surface area (Å²) in [6, 6.07) is 0. The van der Waals surface area contributed by atoms with Crippen molar-refractivity contribution in [2.24, 2.45) is 5.41 Å². The van der Waals surface area contributed by atoms with Crippen LogP contribution >= 0.6 is 11.3 Å². The molecule has 3 nitrogen and oxygen atoms in total. The number of aromatic nitrogens is 1. The molecule has 0 bridgehead atoms. The fourth-order valence-electron chi connectivity index (χ4n) is 0.994. The molecule has 0 aromatic carbocycles. The fourth-order valence-corrected chi connectivity index (χ4v) is 1.96. The molecule has 0 spiro atoms. The predicted octanol–water partition coefficient (Wildman–Crippen LogP) is 2.09. The number of hydrogen-bond acceptors (Lipinski definition) is 4. The van der Waals surface area contributed by atoms with Crippen LogP contribution in [0.4, 0.5) is 0 Å². The molecule has 4 heteroatoms. The third kappa shape index (κ3) is 2.62. The zero-order chi connectivity index (χ0) is 10.8. The Bertz CT molecular complexity index is 325. The standard InChI is InChI=1S/C10H16N2OS/c1-10(2,3)8(13)9-12-7(5-11-4)6-14-9/h6,11H,5H2,1-4H3. The maximum Gasteiger partial charge on any atom is 0.196 e. The number of nitrogens with one attached hydrogen (secondary N) is 1.